The molecule has 35 heavy (non-hydrogen) atoms. The van der Waals surface area contributed by atoms with Crippen molar-refractivity contribution in [3.63, 3.8) is 0 Å². The molecule has 6 heteroatoms. The molecule has 0 spiro atoms. The fourth-order valence-electron chi connectivity index (χ4n) is 5.71. The zero-order valence-electron chi connectivity index (χ0n) is 21.1. The van der Waals surface area contributed by atoms with Gasteiger partial charge in [0.1, 0.15) is 5.60 Å². The highest BCUT2D eigenvalue weighted by atomic mass is 35.5. The molecule has 0 radical (unpaired) electrons. The van der Waals surface area contributed by atoms with Gasteiger partial charge in [0, 0.05) is 23.7 Å². The van der Waals surface area contributed by atoms with E-state index in [1.165, 1.54) is 11.1 Å². The van der Waals surface area contributed by atoms with Crippen molar-refractivity contribution in [3.8, 4) is 0 Å². The lowest BCUT2D eigenvalue weighted by molar-refractivity contribution is -0.159. The molecule has 2 aromatic rings. The number of hydrogen-bond acceptors (Lipinski definition) is 4. The number of carbonyl (C=O) groups excluding carboxylic acids is 2. The lowest BCUT2D eigenvalue weighted by Gasteiger charge is -2.42. The monoisotopic (exact) mass is 496 g/mol. The quantitative estimate of drug-likeness (QED) is 0.552. The Kier molecular flexibility index (Phi) is 7.58. The first-order valence-corrected chi connectivity index (χ1v) is 13.0. The number of ether oxygens (including phenoxy) is 1. The summed E-state index contributed by atoms with van der Waals surface area (Å²) in [5.74, 6) is -0.747. The number of benzene rings is 2. The standard InChI is InChI=1S/C29H37ClN2O3/c1-28(2,3)35-26(33)17-25(24-14-11-21-7-4-5-8-23(21)24)27(34)32-16-6-15-29(31,19-32)18-20-9-12-22(30)13-10-20/h4-5,7-10,12-13,24-25H,6,11,14-19,31H2,1-3H3/t24-,25-,29+/m0/s1. The summed E-state index contributed by atoms with van der Waals surface area (Å²) in [6, 6.07) is 16.0. The largest absolute Gasteiger partial charge is 0.460 e. The number of halogens is 1. The van der Waals surface area contributed by atoms with E-state index < -0.39 is 17.1 Å². The van der Waals surface area contributed by atoms with Gasteiger partial charge in [-0.05, 0) is 87.6 Å². The molecule has 1 aliphatic carbocycles. The summed E-state index contributed by atoms with van der Waals surface area (Å²) < 4.78 is 5.64. The number of fused-ring (bicyclic) bond motifs is 1. The summed E-state index contributed by atoms with van der Waals surface area (Å²) in [6.07, 6.45) is 4.25. The van der Waals surface area contributed by atoms with Crippen molar-refractivity contribution in [1.29, 1.82) is 0 Å². The number of rotatable bonds is 6. The predicted octanol–water partition coefficient (Wildman–Crippen LogP) is 5.28. The lowest BCUT2D eigenvalue weighted by Crippen LogP contribution is -2.58. The van der Waals surface area contributed by atoms with Gasteiger partial charge in [-0.25, -0.2) is 0 Å². The van der Waals surface area contributed by atoms with E-state index in [0.29, 0.717) is 24.5 Å². The average molecular weight is 497 g/mol. The molecule has 3 atom stereocenters. The van der Waals surface area contributed by atoms with Crippen LogP contribution in [0.1, 0.15) is 69.1 Å². The van der Waals surface area contributed by atoms with Crippen LogP contribution in [0.3, 0.4) is 0 Å². The van der Waals surface area contributed by atoms with Gasteiger partial charge in [0.05, 0.1) is 12.3 Å². The number of nitrogens with two attached hydrogens (primary N) is 1. The first-order valence-electron chi connectivity index (χ1n) is 12.6. The van der Waals surface area contributed by atoms with E-state index in [1.807, 2.05) is 62.1 Å². The molecule has 2 aromatic carbocycles. The Bertz CT molecular complexity index is 1060. The van der Waals surface area contributed by atoms with Gasteiger partial charge in [-0.15, -0.1) is 0 Å². The Hall–Kier alpha value is -2.37. The van der Waals surface area contributed by atoms with Crippen molar-refractivity contribution >= 4 is 23.5 Å². The van der Waals surface area contributed by atoms with Gasteiger partial charge in [0.2, 0.25) is 5.91 Å². The molecule has 1 heterocycles. The van der Waals surface area contributed by atoms with Gasteiger partial charge in [-0.1, -0.05) is 48.0 Å². The van der Waals surface area contributed by atoms with Crippen molar-refractivity contribution in [1.82, 2.24) is 4.90 Å². The van der Waals surface area contributed by atoms with E-state index in [2.05, 4.69) is 12.1 Å². The Balaban J connectivity index is 1.55. The minimum absolute atomic E-state index is 0.0107. The van der Waals surface area contributed by atoms with E-state index >= 15 is 0 Å². The molecule has 0 saturated carbocycles. The van der Waals surface area contributed by atoms with E-state index in [4.69, 9.17) is 22.1 Å². The average Bonchev–Trinajstić information content (AvgIpc) is 3.21. The highest BCUT2D eigenvalue weighted by Crippen LogP contribution is 2.41. The third kappa shape index (κ3) is 6.45. The molecule has 4 rings (SSSR count). The SMILES string of the molecule is CC(C)(C)OC(=O)C[C@H](C(=O)N1CCC[C@@](N)(Cc2ccc(Cl)cc2)C1)[C@H]1CCc2ccccc21. The molecule has 188 valence electrons. The Morgan fingerprint density at radius 3 is 2.60 bits per heavy atom. The number of esters is 1. The summed E-state index contributed by atoms with van der Waals surface area (Å²) >= 11 is 6.05. The van der Waals surface area contributed by atoms with Crippen molar-refractivity contribution < 1.29 is 14.3 Å². The second-order valence-corrected chi connectivity index (χ2v) is 11.7. The number of piperidine rings is 1. The maximum Gasteiger partial charge on any atom is 0.307 e. The molecule has 2 N–H and O–H groups in total. The molecular formula is C29H37ClN2O3. The zero-order chi connectivity index (χ0) is 25.2. The normalized spacial score (nSPS) is 23.0. The first-order chi connectivity index (χ1) is 16.5. The molecule has 1 saturated heterocycles. The number of aryl methyl sites for hydroxylation is 1. The van der Waals surface area contributed by atoms with E-state index in [9.17, 15) is 9.59 Å². The summed E-state index contributed by atoms with van der Waals surface area (Å²) in [7, 11) is 0. The Morgan fingerprint density at radius 1 is 1.17 bits per heavy atom. The maximum atomic E-state index is 14.0. The Morgan fingerprint density at radius 2 is 1.89 bits per heavy atom. The number of amides is 1. The van der Waals surface area contributed by atoms with Crippen molar-refractivity contribution in [2.24, 2.45) is 11.7 Å². The third-order valence-corrected chi connectivity index (χ3v) is 7.43. The van der Waals surface area contributed by atoms with E-state index in [1.54, 1.807) is 0 Å². The second-order valence-electron chi connectivity index (χ2n) is 11.3. The summed E-state index contributed by atoms with van der Waals surface area (Å²) in [6.45, 7) is 6.72. The van der Waals surface area contributed by atoms with Gasteiger partial charge in [0.25, 0.3) is 0 Å². The van der Waals surface area contributed by atoms with E-state index in [0.717, 1.165) is 31.2 Å². The lowest BCUT2D eigenvalue weighted by atomic mass is 9.81. The van der Waals surface area contributed by atoms with Crippen molar-refractivity contribution in [2.75, 3.05) is 13.1 Å². The van der Waals surface area contributed by atoms with Gasteiger partial charge in [-0.2, -0.15) is 0 Å². The first kappa shape index (κ1) is 25.7. The number of nitrogens with zero attached hydrogens (tertiary/aromatic N) is 1. The predicted molar refractivity (Wildman–Crippen MR) is 139 cm³/mol. The fraction of sp³-hybridized carbons (Fsp3) is 0.517. The fourth-order valence-corrected chi connectivity index (χ4v) is 5.83. The summed E-state index contributed by atoms with van der Waals surface area (Å²) in [5, 5.41) is 0.696. The molecule has 1 fully saturated rings. The highest BCUT2D eigenvalue weighted by Gasteiger charge is 2.41. The number of hydrogen-bond donors (Lipinski definition) is 1. The number of carbonyl (C=O) groups is 2. The van der Waals surface area contributed by atoms with Crippen LogP contribution in [0.2, 0.25) is 5.02 Å². The number of likely N-dealkylation sites (tertiary alicyclic amines) is 1. The van der Waals surface area contributed by atoms with Crippen LogP contribution in [0.5, 0.6) is 0 Å². The van der Waals surface area contributed by atoms with Gasteiger partial charge < -0.3 is 15.4 Å². The van der Waals surface area contributed by atoms with Gasteiger partial charge in [-0.3, -0.25) is 9.59 Å². The molecule has 0 bridgehead atoms. The third-order valence-electron chi connectivity index (χ3n) is 7.18. The molecule has 0 aromatic heterocycles. The molecule has 0 unspecified atom stereocenters. The highest BCUT2D eigenvalue weighted by molar-refractivity contribution is 6.30. The summed E-state index contributed by atoms with van der Waals surface area (Å²) in [5.41, 5.74) is 9.33. The van der Waals surface area contributed by atoms with Crippen LogP contribution in [-0.2, 0) is 27.2 Å². The van der Waals surface area contributed by atoms with Crippen LogP contribution in [-0.4, -0.2) is 41.0 Å². The van der Waals surface area contributed by atoms with Crippen LogP contribution >= 0.6 is 11.6 Å². The molecular weight excluding hydrogens is 460 g/mol. The van der Waals surface area contributed by atoms with Crippen LogP contribution in [0, 0.1) is 5.92 Å². The Labute approximate surface area is 214 Å². The molecule has 2 aliphatic rings. The topological polar surface area (TPSA) is 72.6 Å². The van der Waals surface area contributed by atoms with Crippen LogP contribution in [0.15, 0.2) is 48.5 Å². The maximum absolute atomic E-state index is 14.0. The summed E-state index contributed by atoms with van der Waals surface area (Å²) in [4.78, 5) is 28.8. The van der Waals surface area contributed by atoms with Crippen LogP contribution in [0.4, 0.5) is 0 Å². The van der Waals surface area contributed by atoms with Crippen LogP contribution < -0.4 is 5.73 Å². The van der Waals surface area contributed by atoms with Crippen molar-refractivity contribution in [2.45, 2.75) is 76.4 Å². The smallest absolute Gasteiger partial charge is 0.307 e. The minimum Gasteiger partial charge on any atom is -0.460 e. The van der Waals surface area contributed by atoms with E-state index in [-0.39, 0.29) is 24.2 Å². The van der Waals surface area contributed by atoms with Crippen molar-refractivity contribution in [3.05, 3.63) is 70.2 Å². The molecule has 5 nitrogen and oxygen atoms in total. The van der Waals surface area contributed by atoms with Gasteiger partial charge in [0.15, 0.2) is 0 Å². The zero-order valence-corrected chi connectivity index (χ0v) is 21.8. The van der Waals surface area contributed by atoms with Gasteiger partial charge >= 0.3 is 5.97 Å². The van der Waals surface area contributed by atoms with Crippen LogP contribution in [0.25, 0.3) is 0 Å². The minimum atomic E-state index is -0.589. The molecule has 1 amide bonds. The molecule has 1 aliphatic heterocycles. The second kappa shape index (κ2) is 10.3.